The van der Waals surface area contributed by atoms with Gasteiger partial charge in [-0.25, -0.2) is 12.2 Å². The van der Waals surface area contributed by atoms with Crippen molar-refractivity contribution in [3.8, 4) is 11.1 Å². The van der Waals surface area contributed by atoms with Gasteiger partial charge in [0.2, 0.25) is 0 Å². The van der Waals surface area contributed by atoms with Crippen LogP contribution in [0, 0.1) is 12.1 Å². The Balaban J connectivity index is 0.000000260. The number of benzene rings is 4. The molecular formula is C39H40Cl4Hf. The van der Waals surface area contributed by atoms with Crippen molar-refractivity contribution >= 4 is 51.3 Å². The first-order valence-corrected chi connectivity index (χ1v) is 16.9. The van der Waals surface area contributed by atoms with Crippen LogP contribution in [0.25, 0.3) is 11.1 Å². The van der Waals surface area contributed by atoms with E-state index >= 15 is 0 Å². The monoisotopic (exact) mass is 828 g/mol. The molecule has 4 aromatic rings. The quantitative estimate of drug-likeness (QED) is 0.123. The van der Waals surface area contributed by atoms with Crippen LogP contribution in [-0.2, 0) is 41.1 Å². The summed E-state index contributed by atoms with van der Waals surface area (Å²) in [6, 6.07) is 30.9. The van der Waals surface area contributed by atoms with Crippen LogP contribution in [0.4, 0.5) is 0 Å². The SMILES string of the molecule is CC(C)(C)c1c[c-]c2c(c1)-c1cc(C(C)(C)C)ccc1C2.Cl.Cl.Clc1cccc([C](=[Hf+2])c2cccc(Cl)c2)c1.[C-]1=CC=CC1. The number of fused-ring (bicyclic) bond motifs is 3. The van der Waals surface area contributed by atoms with Crippen LogP contribution in [0.1, 0.15) is 81.3 Å². The summed E-state index contributed by atoms with van der Waals surface area (Å²) in [4.78, 5) is 0. The Labute approximate surface area is 301 Å². The van der Waals surface area contributed by atoms with Crippen molar-refractivity contribution < 1.29 is 23.9 Å². The molecule has 0 saturated carbocycles. The molecule has 5 heteroatoms. The number of allylic oxidation sites excluding steroid dienone is 4. The maximum atomic E-state index is 5.98. The third-order valence-electron chi connectivity index (χ3n) is 7.34. The zero-order chi connectivity index (χ0) is 30.5. The summed E-state index contributed by atoms with van der Waals surface area (Å²) < 4.78 is 1.31. The smallest absolute Gasteiger partial charge is 0.109 e. The predicted octanol–water partition coefficient (Wildman–Crippen LogP) is 11.9. The molecule has 0 atom stereocenters. The molecule has 0 amide bonds. The van der Waals surface area contributed by atoms with Crippen LogP contribution in [0.3, 0.4) is 0 Å². The molecule has 6 rings (SSSR count). The van der Waals surface area contributed by atoms with Crippen molar-refractivity contribution in [2.24, 2.45) is 0 Å². The van der Waals surface area contributed by atoms with Crippen LogP contribution in [0.5, 0.6) is 0 Å². The normalized spacial score (nSPS) is 12.4. The maximum absolute atomic E-state index is 5.98. The van der Waals surface area contributed by atoms with Gasteiger partial charge in [-0.1, -0.05) is 76.3 Å². The summed E-state index contributed by atoms with van der Waals surface area (Å²) in [5.41, 5.74) is 11.1. The van der Waals surface area contributed by atoms with E-state index < -0.39 is 0 Å². The maximum Gasteiger partial charge on any atom is -0.109 e. The van der Waals surface area contributed by atoms with Crippen LogP contribution >= 0.6 is 48.0 Å². The summed E-state index contributed by atoms with van der Waals surface area (Å²) in [5.74, 6) is 0. The van der Waals surface area contributed by atoms with Crippen LogP contribution in [-0.4, -0.2) is 3.26 Å². The van der Waals surface area contributed by atoms with Crippen LogP contribution < -0.4 is 0 Å². The zero-order valence-corrected chi connectivity index (χ0v) is 33.0. The second-order valence-electron chi connectivity index (χ2n) is 12.7. The number of hydrogen-bond acceptors (Lipinski definition) is 0. The molecule has 0 radical (unpaired) electrons. The summed E-state index contributed by atoms with van der Waals surface area (Å²) in [7, 11) is 0. The van der Waals surface area contributed by atoms with Gasteiger partial charge in [-0.15, -0.1) is 36.8 Å². The molecule has 0 bridgehead atoms. The van der Waals surface area contributed by atoms with E-state index in [9.17, 15) is 0 Å². The summed E-state index contributed by atoms with van der Waals surface area (Å²) in [6.07, 6.45) is 11.0. The molecule has 0 unspecified atom stereocenters. The van der Waals surface area contributed by atoms with Gasteiger partial charge in [-0.2, -0.15) is 35.4 Å². The average molecular weight is 829 g/mol. The fourth-order valence-corrected chi connectivity index (χ4v) is 6.28. The minimum atomic E-state index is 0. The van der Waals surface area contributed by atoms with Crippen LogP contribution in [0.2, 0.25) is 10.0 Å². The van der Waals surface area contributed by atoms with Gasteiger partial charge in [0.25, 0.3) is 0 Å². The fraction of sp³-hybridized carbons (Fsp3) is 0.256. The van der Waals surface area contributed by atoms with E-state index in [0.29, 0.717) is 0 Å². The molecule has 2 aliphatic carbocycles. The number of halogens is 4. The Morgan fingerprint density at radius 3 is 1.75 bits per heavy atom. The molecule has 44 heavy (non-hydrogen) atoms. The van der Waals surface area contributed by atoms with Gasteiger partial charge in [0.05, 0.1) is 0 Å². The predicted molar refractivity (Wildman–Crippen MR) is 193 cm³/mol. The van der Waals surface area contributed by atoms with Gasteiger partial charge < -0.3 is 0 Å². The molecule has 0 saturated heterocycles. The average Bonchev–Trinajstić information content (AvgIpc) is 3.63. The summed E-state index contributed by atoms with van der Waals surface area (Å²) in [5, 5.41) is 1.54. The Kier molecular flexibility index (Phi) is 14.6. The number of hydrogen-bond donors (Lipinski definition) is 0. The third-order valence-corrected chi connectivity index (χ3v) is 9.88. The molecule has 4 aromatic carbocycles. The van der Waals surface area contributed by atoms with Crippen molar-refractivity contribution in [2.45, 2.75) is 65.2 Å². The van der Waals surface area contributed by atoms with E-state index in [1.807, 2.05) is 48.6 Å². The minimum Gasteiger partial charge on any atom is -0.273 e. The molecule has 0 N–H and O–H groups in total. The van der Waals surface area contributed by atoms with Gasteiger partial charge in [0.1, 0.15) is 0 Å². The largest absolute Gasteiger partial charge is 0.273 e. The van der Waals surface area contributed by atoms with E-state index in [-0.39, 0.29) is 35.6 Å². The Morgan fingerprint density at radius 2 is 1.30 bits per heavy atom. The van der Waals surface area contributed by atoms with Crippen LogP contribution in [0.15, 0.2) is 97.1 Å². The molecular weight excluding hydrogens is 789 g/mol. The van der Waals surface area contributed by atoms with Gasteiger partial charge in [0, 0.05) is 0 Å². The Hall–Kier alpha value is -1.74. The molecule has 0 fully saturated rings. The molecule has 2 aliphatic rings. The van der Waals surface area contributed by atoms with Crippen molar-refractivity contribution in [3.05, 3.63) is 153 Å². The number of rotatable bonds is 2. The first-order valence-electron chi connectivity index (χ1n) is 14.3. The molecule has 0 nitrogen and oxygen atoms in total. The minimum absolute atomic E-state index is 0. The van der Waals surface area contributed by atoms with Gasteiger partial charge >= 0.3 is 120 Å². The first kappa shape index (κ1) is 38.4. The molecule has 228 valence electrons. The van der Waals surface area contributed by atoms with Crippen molar-refractivity contribution in [2.75, 3.05) is 0 Å². The van der Waals surface area contributed by atoms with Gasteiger partial charge in [0.15, 0.2) is 0 Å². The van der Waals surface area contributed by atoms with E-state index in [1.165, 1.54) is 47.8 Å². The topological polar surface area (TPSA) is 0 Å². The Morgan fingerprint density at radius 1 is 0.727 bits per heavy atom. The molecule has 0 aromatic heterocycles. The Bertz CT molecular complexity index is 1520. The van der Waals surface area contributed by atoms with Crippen molar-refractivity contribution in [3.63, 3.8) is 0 Å². The van der Waals surface area contributed by atoms with E-state index in [1.54, 1.807) is 0 Å². The fourth-order valence-electron chi connectivity index (χ4n) is 4.78. The standard InChI is InChI=1S/C21H25.C13H8Cl2.C5H5.2ClH.Hf/c1-20(2,3)16-9-7-14-11-15-8-10-17(21(4,5)6)13-19(15)18(14)12-16;14-12-5-1-3-10(8-12)7-11-4-2-6-13(15)9-11;1-2-4-5-3-1;;;/h7,9-10,12-13H,11H2,1-6H3;1-6,8-9H;1-3H,4H2;2*1H;/q-1;;-1;;;+2. The summed E-state index contributed by atoms with van der Waals surface area (Å²) >= 11 is 12.9. The van der Waals surface area contributed by atoms with E-state index in [0.717, 1.165) is 46.8 Å². The van der Waals surface area contributed by atoms with E-state index in [2.05, 4.69) is 102 Å². The molecule has 0 heterocycles. The third kappa shape index (κ3) is 10.4. The van der Waals surface area contributed by atoms with Crippen molar-refractivity contribution in [1.82, 2.24) is 0 Å². The summed E-state index contributed by atoms with van der Waals surface area (Å²) in [6.45, 7) is 13.6. The zero-order valence-electron chi connectivity index (χ0n) is 26.2. The second kappa shape index (κ2) is 16.7. The second-order valence-corrected chi connectivity index (χ2v) is 15.4. The molecule has 0 aliphatic heterocycles. The molecule has 0 spiro atoms. The van der Waals surface area contributed by atoms with Gasteiger partial charge in [-0.05, 0) is 17.4 Å². The first-order chi connectivity index (χ1) is 19.8. The van der Waals surface area contributed by atoms with Gasteiger partial charge in [-0.3, -0.25) is 6.08 Å². The van der Waals surface area contributed by atoms with E-state index in [4.69, 9.17) is 23.2 Å². The van der Waals surface area contributed by atoms with Crippen molar-refractivity contribution in [1.29, 1.82) is 0 Å².